The Morgan fingerprint density at radius 2 is 1.90 bits per heavy atom. The third-order valence-corrected chi connectivity index (χ3v) is 7.21. The number of rotatable bonds is 1. The molecule has 4 rings (SSSR count). The third-order valence-electron chi connectivity index (χ3n) is 5.77. The summed E-state index contributed by atoms with van der Waals surface area (Å²) in [5, 5.41) is 29.0. The van der Waals surface area contributed by atoms with Crippen molar-refractivity contribution in [3.05, 3.63) is 50.9 Å². The van der Waals surface area contributed by atoms with Crippen molar-refractivity contribution in [3.63, 3.8) is 0 Å². The van der Waals surface area contributed by atoms with Crippen molar-refractivity contribution >= 4 is 45.3 Å². The molecule has 0 amide bonds. The molecule has 0 spiro atoms. The predicted octanol–water partition coefficient (Wildman–Crippen LogP) is 5.39. The van der Waals surface area contributed by atoms with E-state index in [1.165, 1.54) is 11.3 Å². The van der Waals surface area contributed by atoms with Gasteiger partial charge in [-0.1, -0.05) is 42.0 Å². The zero-order valence-electron chi connectivity index (χ0n) is 17.7. The molecule has 1 fully saturated rings. The monoisotopic (exact) mass is 452 g/mol. The fourth-order valence-corrected chi connectivity index (χ4v) is 5.48. The van der Waals surface area contributed by atoms with Gasteiger partial charge in [0.2, 0.25) is 0 Å². The van der Waals surface area contributed by atoms with E-state index in [2.05, 4.69) is 11.8 Å². The molecule has 1 aromatic heterocycles. The van der Waals surface area contributed by atoms with Gasteiger partial charge in [-0.2, -0.15) is 0 Å². The molecule has 0 atom stereocenters. The normalized spacial score (nSPS) is 17.9. The highest BCUT2D eigenvalue weighted by atomic mass is 35.5. The van der Waals surface area contributed by atoms with Crippen LogP contribution in [0.2, 0.25) is 5.02 Å². The number of halogens is 1. The van der Waals surface area contributed by atoms with Crippen LogP contribution in [0, 0.1) is 29.6 Å². The predicted molar refractivity (Wildman–Crippen MR) is 130 cm³/mol. The molecule has 7 heteroatoms. The van der Waals surface area contributed by atoms with E-state index in [0.717, 1.165) is 51.5 Å². The summed E-state index contributed by atoms with van der Waals surface area (Å²) in [4.78, 5) is 7.21. The second-order valence-electron chi connectivity index (χ2n) is 8.12. The van der Waals surface area contributed by atoms with Crippen LogP contribution in [-0.2, 0) is 0 Å². The van der Waals surface area contributed by atoms with Crippen molar-refractivity contribution in [2.24, 2.45) is 4.99 Å². The second kappa shape index (κ2) is 8.58. The first-order chi connectivity index (χ1) is 14.8. The lowest BCUT2D eigenvalue weighted by Gasteiger charge is -2.26. The molecule has 2 heterocycles. The van der Waals surface area contributed by atoms with Crippen molar-refractivity contribution in [1.29, 1.82) is 10.8 Å². The van der Waals surface area contributed by atoms with Crippen LogP contribution >= 0.6 is 22.9 Å². The molecule has 1 saturated carbocycles. The molecular weight excluding hydrogens is 428 g/mol. The number of benzene rings is 1. The molecule has 31 heavy (non-hydrogen) atoms. The number of fused-ring (bicyclic) bond motifs is 1. The summed E-state index contributed by atoms with van der Waals surface area (Å²) in [6.45, 7) is 3.87. The molecule has 160 valence electrons. The smallest absolute Gasteiger partial charge is 0.129 e. The first-order valence-electron chi connectivity index (χ1n) is 10.4. The molecule has 2 aromatic rings. The summed E-state index contributed by atoms with van der Waals surface area (Å²) >= 11 is 7.54. The molecule has 2 aliphatic rings. The minimum atomic E-state index is -0.928. The van der Waals surface area contributed by atoms with E-state index in [9.17, 15) is 5.11 Å². The summed E-state index contributed by atoms with van der Waals surface area (Å²) in [6.07, 6.45) is 4.55. The lowest BCUT2D eigenvalue weighted by atomic mass is 9.85. The van der Waals surface area contributed by atoms with Gasteiger partial charge in [0.1, 0.15) is 22.3 Å². The zero-order valence-corrected chi connectivity index (χ0v) is 19.3. The zero-order chi connectivity index (χ0) is 22.2. The Hall–Kier alpha value is -2.46. The minimum absolute atomic E-state index is 0.190. The van der Waals surface area contributed by atoms with Gasteiger partial charge in [-0.05, 0) is 57.2 Å². The number of anilines is 1. The van der Waals surface area contributed by atoms with Gasteiger partial charge in [-0.15, -0.1) is 11.3 Å². The van der Waals surface area contributed by atoms with E-state index in [1.54, 1.807) is 11.8 Å². The standard InChI is InChI=1S/C24H25ClN4OS/c1-15-19(10-13-24(30)11-4-3-5-12-24)31-23-21(15)22(17-6-8-18(25)9-7-17)28-14-20(27)29(23)16(2)26/h6-9,26-27,30H,3-5,11-12,14H2,1-2H3. The van der Waals surface area contributed by atoms with E-state index >= 15 is 0 Å². The molecule has 1 aliphatic carbocycles. The first-order valence-corrected chi connectivity index (χ1v) is 11.6. The summed E-state index contributed by atoms with van der Waals surface area (Å²) in [5.41, 5.74) is 2.61. The van der Waals surface area contributed by atoms with E-state index in [4.69, 9.17) is 27.4 Å². The maximum Gasteiger partial charge on any atom is 0.129 e. The Morgan fingerprint density at radius 3 is 2.55 bits per heavy atom. The van der Waals surface area contributed by atoms with E-state index in [1.807, 2.05) is 31.2 Å². The van der Waals surface area contributed by atoms with Gasteiger partial charge in [-0.3, -0.25) is 20.7 Å². The van der Waals surface area contributed by atoms with Crippen LogP contribution in [0.4, 0.5) is 5.00 Å². The lowest BCUT2D eigenvalue weighted by Crippen LogP contribution is -2.35. The number of hydrogen-bond acceptors (Lipinski definition) is 5. The minimum Gasteiger partial charge on any atom is -0.378 e. The van der Waals surface area contributed by atoms with Crippen LogP contribution in [0.25, 0.3) is 0 Å². The maximum absolute atomic E-state index is 10.8. The molecule has 5 nitrogen and oxygen atoms in total. The van der Waals surface area contributed by atoms with Gasteiger partial charge in [-0.25, -0.2) is 0 Å². The molecule has 3 N–H and O–H groups in total. The van der Waals surface area contributed by atoms with Crippen LogP contribution in [0.15, 0.2) is 29.3 Å². The Balaban J connectivity index is 1.86. The van der Waals surface area contributed by atoms with Gasteiger partial charge in [0.15, 0.2) is 0 Å². The Kier molecular flexibility index (Phi) is 6.02. The van der Waals surface area contributed by atoms with Crippen LogP contribution < -0.4 is 4.90 Å². The summed E-state index contributed by atoms with van der Waals surface area (Å²) in [6, 6.07) is 7.51. The van der Waals surface area contributed by atoms with Crippen molar-refractivity contribution in [1.82, 2.24) is 0 Å². The van der Waals surface area contributed by atoms with Crippen molar-refractivity contribution in [3.8, 4) is 11.8 Å². The SMILES string of the molecule is CC(=N)N1C(=N)CN=C(c2ccc(Cl)cc2)c2c1sc(C#CC1(O)CCCCC1)c2C. The fraction of sp³-hybridized carbons (Fsp3) is 0.375. The molecule has 0 unspecified atom stereocenters. The Bertz CT molecular complexity index is 1130. The van der Waals surface area contributed by atoms with E-state index in [0.29, 0.717) is 17.9 Å². The summed E-state index contributed by atoms with van der Waals surface area (Å²) < 4.78 is 0. The van der Waals surface area contributed by atoms with Gasteiger partial charge in [0.05, 0.1) is 17.1 Å². The largest absolute Gasteiger partial charge is 0.378 e. The highest BCUT2D eigenvalue weighted by Crippen LogP contribution is 2.39. The number of nitrogens with zero attached hydrogens (tertiary/aromatic N) is 2. The highest BCUT2D eigenvalue weighted by molar-refractivity contribution is 7.17. The number of aliphatic imine (C=N–C) groups is 1. The quantitative estimate of drug-likeness (QED) is 0.308. The number of aliphatic hydroxyl groups is 1. The van der Waals surface area contributed by atoms with Gasteiger partial charge < -0.3 is 5.11 Å². The summed E-state index contributed by atoms with van der Waals surface area (Å²) in [7, 11) is 0. The Morgan fingerprint density at radius 1 is 1.23 bits per heavy atom. The molecule has 1 aliphatic heterocycles. The molecule has 0 saturated heterocycles. The average Bonchev–Trinajstić information content (AvgIpc) is 2.95. The molecule has 0 radical (unpaired) electrons. The van der Waals surface area contributed by atoms with E-state index in [-0.39, 0.29) is 18.2 Å². The van der Waals surface area contributed by atoms with Crippen LogP contribution in [0.1, 0.15) is 60.6 Å². The van der Waals surface area contributed by atoms with Crippen LogP contribution in [0.3, 0.4) is 0 Å². The van der Waals surface area contributed by atoms with Gasteiger partial charge in [0.25, 0.3) is 0 Å². The van der Waals surface area contributed by atoms with Crippen molar-refractivity contribution in [2.75, 3.05) is 11.4 Å². The number of hydrogen-bond donors (Lipinski definition) is 3. The number of nitrogens with one attached hydrogen (secondary N) is 2. The third kappa shape index (κ3) is 4.31. The number of amidine groups is 2. The first kappa shape index (κ1) is 21.8. The van der Waals surface area contributed by atoms with Crippen LogP contribution in [-0.4, -0.2) is 34.6 Å². The lowest BCUT2D eigenvalue weighted by molar-refractivity contribution is 0.0610. The molecular formula is C24H25ClN4OS. The van der Waals surface area contributed by atoms with Crippen LogP contribution in [0.5, 0.6) is 0 Å². The van der Waals surface area contributed by atoms with Gasteiger partial charge in [0, 0.05) is 16.1 Å². The highest BCUT2D eigenvalue weighted by Gasteiger charge is 2.30. The number of thiophene rings is 1. The van der Waals surface area contributed by atoms with Gasteiger partial charge >= 0.3 is 0 Å². The van der Waals surface area contributed by atoms with Crippen molar-refractivity contribution < 1.29 is 5.11 Å². The molecule has 1 aromatic carbocycles. The maximum atomic E-state index is 10.8. The average molecular weight is 453 g/mol. The Labute approximate surface area is 191 Å². The summed E-state index contributed by atoms with van der Waals surface area (Å²) in [5.74, 6) is 6.88. The molecule has 0 bridgehead atoms. The van der Waals surface area contributed by atoms with E-state index < -0.39 is 5.60 Å². The van der Waals surface area contributed by atoms with Crippen molar-refractivity contribution in [2.45, 2.75) is 51.6 Å². The second-order valence-corrected chi connectivity index (χ2v) is 9.55. The fourth-order valence-electron chi connectivity index (χ4n) is 4.11. The topological polar surface area (TPSA) is 83.5 Å².